The summed E-state index contributed by atoms with van der Waals surface area (Å²) in [7, 11) is 0. The number of anilines is 1. The lowest BCUT2D eigenvalue weighted by Gasteiger charge is -2.29. The molecule has 0 bridgehead atoms. The molecule has 18 heavy (non-hydrogen) atoms. The van der Waals surface area contributed by atoms with Crippen LogP contribution in [0.5, 0.6) is 5.75 Å². The van der Waals surface area contributed by atoms with E-state index in [9.17, 15) is 0 Å². The van der Waals surface area contributed by atoms with Crippen LogP contribution in [0.4, 0.5) is 5.82 Å². The van der Waals surface area contributed by atoms with Crippen LogP contribution in [0.1, 0.15) is 26.7 Å². The second-order valence-corrected chi connectivity index (χ2v) is 4.67. The van der Waals surface area contributed by atoms with Gasteiger partial charge in [0.1, 0.15) is 0 Å². The summed E-state index contributed by atoms with van der Waals surface area (Å²) in [6.45, 7) is 6.60. The number of nitrogens with one attached hydrogen (secondary N) is 1. The lowest BCUT2D eigenvalue weighted by Crippen LogP contribution is -2.31. The molecule has 0 radical (unpaired) electrons. The number of hydrogen-bond donors (Lipinski definition) is 1. The Morgan fingerprint density at radius 3 is 3.00 bits per heavy atom. The van der Waals surface area contributed by atoms with E-state index in [0.717, 1.165) is 37.6 Å². The predicted octanol–water partition coefficient (Wildman–Crippen LogP) is 2.71. The van der Waals surface area contributed by atoms with Crippen LogP contribution in [0, 0.1) is 5.92 Å². The van der Waals surface area contributed by atoms with Gasteiger partial charge in [-0.2, -0.15) is 0 Å². The fraction of sp³-hybridized carbons (Fsp3) is 0.643. The summed E-state index contributed by atoms with van der Waals surface area (Å²) < 4.78 is 11.0. The van der Waals surface area contributed by atoms with Gasteiger partial charge in [-0.05, 0) is 44.7 Å². The summed E-state index contributed by atoms with van der Waals surface area (Å²) >= 11 is 0. The first-order chi connectivity index (χ1) is 8.81. The third-order valence-corrected chi connectivity index (χ3v) is 3.41. The van der Waals surface area contributed by atoms with E-state index in [2.05, 4.69) is 17.2 Å². The Bertz CT molecular complexity index is 365. The molecule has 1 aliphatic heterocycles. The van der Waals surface area contributed by atoms with Crippen molar-refractivity contribution in [3.8, 4) is 5.75 Å². The zero-order chi connectivity index (χ0) is 12.8. The summed E-state index contributed by atoms with van der Waals surface area (Å²) in [5, 5.41) is 3.47. The third-order valence-electron chi connectivity index (χ3n) is 3.41. The smallest absolute Gasteiger partial charge is 0.168 e. The maximum atomic E-state index is 5.58. The fourth-order valence-corrected chi connectivity index (χ4v) is 2.32. The molecule has 4 heteroatoms. The standard InChI is InChI=1S/C14H22N2O2/c1-3-18-13-5-4-8-15-14(13)16-11(2)12-6-9-17-10-7-12/h4-5,8,11-12H,3,6-7,9-10H2,1-2H3,(H,15,16). The van der Waals surface area contributed by atoms with Crippen molar-refractivity contribution in [2.75, 3.05) is 25.1 Å². The molecule has 1 aromatic heterocycles. The van der Waals surface area contributed by atoms with Crippen LogP contribution in [-0.2, 0) is 4.74 Å². The first-order valence-electron chi connectivity index (χ1n) is 6.73. The maximum absolute atomic E-state index is 5.58. The van der Waals surface area contributed by atoms with Crippen LogP contribution in [-0.4, -0.2) is 30.8 Å². The zero-order valence-electron chi connectivity index (χ0n) is 11.2. The van der Waals surface area contributed by atoms with Gasteiger partial charge in [-0.15, -0.1) is 0 Å². The Labute approximate surface area is 109 Å². The van der Waals surface area contributed by atoms with Gasteiger partial charge in [0.2, 0.25) is 0 Å². The number of rotatable bonds is 5. The van der Waals surface area contributed by atoms with Gasteiger partial charge in [0.25, 0.3) is 0 Å². The van der Waals surface area contributed by atoms with Gasteiger partial charge in [-0.3, -0.25) is 0 Å². The van der Waals surface area contributed by atoms with E-state index in [1.165, 1.54) is 0 Å². The van der Waals surface area contributed by atoms with Crippen LogP contribution in [0.3, 0.4) is 0 Å². The Hall–Kier alpha value is -1.29. The molecule has 1 atom stereocenters. The van der Waals surface area contributed by atoms with Crippen molar-refractivity contribution >= 4 is 5.82 Å². The highest BCUT2D eigenvalue weighted by atomic mass is 16.5. The van der Waals surface area contributed by atoms with Crippen LogP contribution >= 0.6 is 0 Å². The molecule has 1 aliphatic rings. The van der Waals surface area contributed by atoms with Crippen molar-refractivity contribution < 1.29 is 9.47 Å². The molecule has 4 nitrogen and oxygen atoms in total. The third kappa shape index (κ3) is 3.35. The Morgan fingerprint density at radius 2 is 2.28 bits per heavy atom. The molecule has 2 heterocycles. The number of aromatic nitrogens is 1. The highest BCUT2D eigenvalue weighted by molar-refractivity contribution is 5.50. The van der Waals surface area contributed by atoms with E-state index in [1.54, 1.807) is 6.20 Å². The van der Waals surface area contributed by atoms with Crippen LogP contribution < -0.4 is 10.1 Å². The first kappa shape index (κ1) is 13.1. The zero-order valence-corrected chi connectivity index (χ0v) is 11.2. The Balaban J connectivity index is 1.99. The normalized spacial score (nSPS) is 18.3. The molecule has 1 fully saturated rings. The quantitative estimate of drug-likeness (QED) is 0.872. The van der Waals surface area contributed by atoms with E-state index < -0.39 is 0 Å². The molecule has 1 aromatic rings. The molecule has 0 saturated carbocycles. The minimum Gasteiger partial charge on any atom is -0.490 e. The van der Waals surface area contributed by atoms with Gasteiger partial charge in [0.15, 0.2) is 11.6 Å². The van der Waals surface area contributed by atoms with Crippen LogP contribution in [0.2, 0.25) is 0 Å². The van der Waals surface area contributed by atoms with E-state index >= 15 is 0 Å². The molecular weight excluding hydrogens is 228 g/mol. The van der Waals surface area contributed by atoms with Gasteiger partial charge in [0.05, 0.1) is 6.61 Å². The number of ether oxygens (including phenoxy) is 2. The van der Waals surface area contributed by atoms with Gasteiger partial charge in [-0.25, -0.2) is 4.98 Å². The highest BCUT2D eigenvalue weighted by Gasteiger charge is 2.21. The van der Waals surface area contributed by atoms with Crippen molar-refractivity contribution in [3.05, 3.63) is 18.3 Å². The molecule has 100 valence electrons. The van der Waals surface area contributed by atoms with Crippen molar-refractivity contribution in [1.82, 2.24) is 4.98 Å². The lowest BCUT2D eigenvalue weighted by molar-refractivity contribution is 0.0622. The number of nitrogens with zero attached hydrogens (tertiary/aromatic N) is 1. The first-order valence-corrected chi connectivity index (χ1v) is 6.73. The van der Waals surface area contributed by atoms with Crippen molar-refractivity contribution in [1.29, 1.82) is 0 Å². The van der Waals surface area contributed by atoms with E-state index in [-0.39, 0.29) is 0 Å². The monoisotopic (exact) mass is 250 g/mol. The number of hydrogen-bond acceptors (Lipinski definition) is 4. The maximum Gasteiger partial charge on any atom is 0.168 e. The summed E-state index contributed by atoms with van der Waals surface area (Å²) in [6, 6.07) is 4.24. The summed E-state index contributed by atoms with van der Waals surface area (Å²) in [4.78, 5) is 4.36. The fourth-order valence-electron chi connectivity index (χ4n) is 2.32. The molecule has 1 unspecified atom stereocenters. The van der Waals surface area contributed by atoms with Crippen molar-refractivity contribution in [2.24, 2.45) is 5.92 Å². The van der Waals surface area contributed by atoms with Gasteiger partial charge < -0.3 is 14.8 Å². The summed E-state index contributed by atoms with van der Waals surface area (Å²) in [6.07, 6.45) is 4.03. The van der Waals surface area contributed by atoms with Crippen LogP contribution in [0.25, 0.3) is 0 Å². The Morgan fingerprint density at radius 1 is 1.50 bits per heavy atom. The average molecular weight is 250 g/mol. The molecule has 0 spiro atoms. The number of pyridine rings is 1. The Kier molecular flexibility index (Phi) is 4.81. The molecule has 1 saturated heterocycles. The van der Waals surface area contributed by atoms with Gasteiger partial charge >= 0.3 is 0 Å². The summed E-state index contributed by atoms with van der Waals surface area (Å²) in [5.41, 5.74) is 0. The minimum atomic E-state index is 0.392. The lowest BCUT2D eigenvalue weighted by atomic mass is 9.93. The second kappa shape index (κ2) is 6.59. The average Bonchev–Trinajstić information content (AvgIpc) is 2.42. The second-order valence-electron chi connectivity index (χ2n) is 4.67. The minimum absolute atomic E-state index is 0.392. The van der Waals surface area contributed by atoms with Crippen molar-refractivity contribution in [2.45, 2.75) is 32.7 Å². The van der Waals surface area contributed by atoms with E-state index in [4.69, 9.17) is 9.47 Å². The summed E-state index contributed by atoms with van der Waals surface area (Å²) in [5.74, 6) is 2.33. The SMILES string of the molecule is CCOc1cccnc1NC(C)C1CCOCC1. The largest absolute Gasteiger partial charge is 0.490 e. The van der Waals surface area contributed by atoms with E-state index in [0.29, 0.717) is 18.6 Å². The topological polar surface area (TPSA) is 43.4 Å². The van der Waals surface area contributed by atoms with E-state index in [1.807, 2.05) is 19.1 Å². The molecule has 2 rings (SSSR count). The van der Waals surface area contributed by atoms with Gasteiger partial charge in [-0.1, -0.05) is 0 Å². The van der Waals surface area contributed by atoms with Gasteiger partial charge in [0, 0.05) is 25.5 Å². The van der Waals surface area contributed by atoms with Crippen molar-refractivity contribution in [3.63, 3.8) is 0 Å². The molecule has 0 aliphatic carbocycles. The highest BCUT2D eigenvalue weighted by Crippen LogP contribution is 2.26. The molecular formula is C14H22N2O2. The molecule has 0 aromatic carbocycles. The molecule has 0 amide bonds. The van der Waals surface area contributed by atoms with Crippen LogP contribution in [0.15, 0.2) is 18.3 Å². The molecule has 1 N–H and O–H groups in total. The predicted molar refractivity (Wildman–Crippen MR) is 72.0 cm³/mol.